The second-order valence-corrected chi connectivity index (χ2v) is 3.55. The van der Waals surface area contributed by atoms with Gasteiger partial charge in [0.1, 0.15) is 0 Å². The van der Waals surface area contributed by atoms with E-state index in [0.717, 1.165) is 25.9 Å². The molecule has 1 amide bonds. The van der Waals surface area contributed by atoms with Crippen molar-refractivity contribution < 1.29 is 4.79 Å². The number of carbonyl (C=O) groups excluding carboxylic acids is 1. The summed E-state index contributed by atoms with van der Waals surface area (Å²) in [6.45, 7) is 4.03. The fraction of sp³-hybridized carbons (Fsp3) is 0.875. The van der Waals surface area contributed by atoms with Gasteiger partial charge < -0.3 is 10.2 Å². The number of carbonyl (C=O) groups is 1. The van der Waals surface area contributed by atoms with E-state index in [1.807, 2.05) is 4.90 Å². The van der Waals surface area contributed by atoms with Gasteiger partial charge in [0.05, 0.1) is 0 Å². The van der Waals surface area contributed by atoms with E-state index in [2.05, 4.69) is 12.2 Å². The van der Waals surface area contributed by atoms with Crippen LogP contribution >= 0.6 is 0 Å². The molecule has 1 N–H and O–H groups in total. The predicted molar refractivity (Wildman–Crippen MR) is 42.2 cm³/mol. The lowest BCUT2D eigenvalue weighted by Gasteiger charge is -2.34. The molecule has 62 valence electrons. The molecule has 2 rings (SSSR count). The van der Waals surface area contributed by atoms with Crippen LogP contribution in [0.15, 0.2) is 0 Å². The zero-order chi connectivity index (χ0) is 7.84. The summed E-state index contributed by atoms with van der Waals surface area (Å²) in [5.74, 6) is 0.350. The molecule has 0 aromatic carbocycles. The highest BCUT2D eigenvalue weighted by Crippen LogP contribution is 2.20. The van der Waals surface area contributed by atoms with E-state index in [0.29, 0.717) is 18.0 Å². The van der Waals surface area contributed by atoms with Crippen molar-refractivity contribution in [3.8, 4) is 0 Å². The number of nitrogens with one attached hydrogen (secondary N) is 1. The molecular weight excluding hydrogens is 140 g/mol. The molecule has 2 aliphatic rings. The van der Waals surface area contributed by atoms with Crippen molar-refractivity contribution in [3.05, 3.63) is 0 Å². The first kappa shape index (κ1) is 7.10. The van der Waals surface area contributed by atoms with Gasteiger partial charge in [0.25, 0.3) is 0 Å². The van der Waals surface area contributed by atoms with E-state index in [9.17, 15) is 4.79 Å². The highest BCUT2D eigenvalue weighted by molar-refractivity contribution is 5.79. The van der Waals surface area contributed by atoms with Gasteiger partial charge in [0.15, 0.2) is 0 Å². The van der Waals surface area contributed by atoms with E-state index in [1.54, 1.807) is 0 Å². The first-order chi connectivity index (χ1) is 5.27. The van der Waals surface area contributed by atoms with Crippen molar-refractivity contribution in [3.63, 3.8) is 0 Å². The number of fused-ring (bicyclic) bond motifs is 1. The summed E-state index contributed by atoms with van der Waals surface area (Å²) in [5.41, 5.74) is 0. The minimum Gasteiger partial charge on any atom is -0.337 e. The van der Waals surface area contributed by atoms with Crippen molar-refractivity contribution in [2.45, 2.75) is 31.8 Å². The average molecular weight is 154 g/mol. The third-order valence-electron chi connectivity index (χ3n) is 2.63. The molecule has 2 saturated heterocycles. The summed E-state index contributed by atoms with van der Waals surface area (Å²) in [4.78, 5) is 13.3. The summed E-state index contributed by atoms with van der Waals surface area (Å²) in [6.07, 6.45) is 1.82. The number of hydrogen-bond donors (Lipinski definition) is 1. The lowest BCUT2D eigenvalue weighted by Crippen LogP contribution is -2.53. The first-order valence-corrected chi connectivity index (χ1v) is 4.30. The Bertz CT molecular complexity index is 181. The minimum atomic E-state index is 0.350. The van der Waals surface area contributed by atoms with E-state index < -0.39 is 0 Å². The highest BCUT2D eigenvalue weighted by atomic mass is 16.2. The van der Waals surface area contributed by atoms with Gasteiger partial charge in [-0.25, -0.2) is 0 Å². The molecule has 2 fully saturated rings. The van der Waals surface area contributed by atoms with Crippen LogP contribution < -0.4 is 5.32 Å². The summed E-state index contributed by atoms with van der Waals surface area (Å²) in [7, 11) is 0. The molecule has 3 heteroatoms. The topological polar surface area (TPSA) is 32.3 Å². The maximum atomic E-state index is 11.3. The lowest BCUT2D eigenvalue weighted by molar-refractivity contribution is -0.130. The zero-order valence-corrected chi connectivity index (χ0v) is 6.84. The van der Waals surface area contributed by atoms with Gasteiger partial charge in [-0.15, -0.1) is 0 Å². The van der Waals surface area contributed by atoms with E-state index in [-0.39, 0.29) is 0 Å². The number of piperazine rings is 1. The molecule has 0 aromatic heterocycles. The Morgan fingerprint density at radius 3 is 3.27 bits per heavy atom. The fourth-order valence-electron chi connectivity index (χ4n) is 1.95. The standard InChI is InChI=1S/C8H14N2O/c1-6-5-10-7(4-9-6)2-3-8(10)11/h6-7,9H,2-5H2,1H3. The van der Waals surface area contributed by atoms with Crippen LogP contribution in [0.3, 0.4) is 0 Å². The van der Waals surface area contributed by atoms with Gasteiger partial charge in [-0.2, -0.15) is 0 Å². The fourth-order valence-corrected chi connectivity index (χ4v) is 1.95. The summed E-state index contributed by atoms with van der Waals surface area (Å²) in [5, 5.41) is 3.38. The van der Waals surface area contributed by atoms with Crippen molar-refractivity contribution in [1.29, 1.82) is 0 Å². The molecule has 2 unspecified atom stereocenters. The number of rotatable bonds is 0. The second kappa shape index (κ2) is 2.48. The van der Waals surface area contributed by atoms with Crippen molar-refractivity contribution in [2.24, 2.45) is 0 Å². The van der Waals surface area contributed by atoms with Crippen LogP contribution in [0.25, 0.3) is 0 Å². The van der Waals surface area contributed by atoms with Gasteiger partial charge in [0, 0.05) is 31.6 Å². The van der Waals surface area contributed by atoms with Gasteiger partial charge in [-0.3, -0.25) is 4.79 Å². The molecule has 0 saturated carbocycles. The molecule has 0 bridgehead atoms. The Labute approximate surface area is 66.8 Å². The van der Waals surface area contributed by atoms with Crippen LogP contribution in [0.4, 0.5) is 0 Å². The third-order valence-corrected chi connectivity index (χ3v) is 2.63. The second-order valence-electron chi connectivity index (χ2n) is 3.55. The van der Waals surface area contributed by atoms with Gasteiger partial charge in [-0.05, 0) is 13.3 Å². The molecule has 0 radical (unpaired) electrons. The Kier molecular flexibility index (Phi) is 1.60. The third kappa shape index (κ3) is 1.13. The van der Waals surface area contributed by atoms with Crippen LogP contribution in [0.1, 0.15) is 19.8 Å². The van der Waals surface area contributed by atoms with Crippen LogP contribution in [0, 0.1) is 0 Å². The quantitative estimate of drug-likeness (QED) is 0.531. The molecular formula is C8H14N2O. The van der Waals surface area contributed by atoms with Crippen molar-refractivity contribution >= 4 is 5.91 Å². The Hall–Kier alpha value is -0.570. The zero-order valence-electron chi connectivity index (χ0n) is 6.84. The highest BCUT2D eigenvalue weighted by Gasteiger charge is 2.34. The largest absolute Gasteiger partial charge is 0.337 e. The van der Waals surface area contributed by atoms with Gasteiger partial charge >= 0.3 is 0 Å². The molecule has 2 atom stereocenters. The summed E-state index contributed by atoms with van der Waals surface area (Å²) >= 11 is 0. The van der Waals surface area contributed by atoms with Crippen molar-refractivity contribution in [2.75, 3.05) is 13.1 Å². The van der Waals surface area contributed by atoms with Crippen LogP contribution in [0.2, 0.25) is 0 Å². The minimum absolute atomic E-state index is 0.350. The molecule has 2 heterocycles. The molecule has 3 nitrogen and oxygen atoms in total. The normalized spacial score (nSPS) is 37.5. The summed E-state index contributed by atoms with van der Waals surface area (Å²) < 4.78 is 0. The Morgan fingerprint density at radius 1 is 1.64 bits per heavy atom. The first-order valence-electron chi connectivity index (χ1n) is 4.30. The van der Waals surface area contributed by atoms with E-state index in [1.165, 1.54) is 0 Å². The average Bonchev–Trinajstić information content (AvgIpc) is 2.33. The van der Waals surface area contributed by atoms with E-state index in [4.69, 9.17) is 0 Å². The lowest BCUT2D eigenvalue weighted by atomic mass is 10.1. The van der Waals surface area contributed by atoms with Crippen LogP contribution in [-0.2, 0) is 4.79 Å². The predicted octanol–water partition coefficient (Wildman–Crippen LogP) is -0.0309. The Balaban J connectivity index is 2.07. The summed E-state index contributed by atoms with van der Waals surface area (Å²) in [6, 6.07) is 0.979. The maximum Gasteiger partial charge on any atom is 0.222 e. The number of amides is 1. The van der Waals surface area contributed by atoms with Gasteiger partial charge in [0.2, 0.25) is 5.91 Å². The number of hydrogen-bond acceptors (Lipinski definition) is 2. The van der Waals surface area contributed by atoms with Crippen LogP contribution in [-0.4, -0.2) is 36.0 Å². The molecule has 0 spiro atoms. The van der Waals surface area contributed by atoms with Crippen molar-refractivity contribution in [1.82, 2.24) is 10.2 Å². The number of nitrogens with zero attached hydrogens (tertiary/aromatic N) is 1. The molecule has 2 aliphatic heterocycles. The van der Waals surface area contributed by atoms with E-state index >= 15 is 0 Å². The Morgan fingerprint density at radius 2 is 2.45 bits per heavy atom. The monoisotopic (exact) mass is 154 g/mol. The molecule has 0 aliphatic carbocycles. The SMILES string of the molecule is CC1CN2C(=O)CCC2CN1. The van der Waals surface area contributed by atoms with Gasteiger partial charge in [-0.1, -0.05) is 0 Å². The smallest absolute Gasteiger partial charge is 0.222 e. The van der Waals surface area contributed by atoms with Crippen LogP contribution in [0.5, 0.6) is 0 Å². The maximum absolute atomic E-state index is 11.3. The molecule has 0 aromatic rings. The molecule has 11 heavy (non-hydrogen) atoms.